The normalized spacial score (nSPS) is 19.0. The third-order valence-corrected chi connectivity index (χ3v) is 4.55. The van der Waals surface area contributed by atoms with Crippen molar-refractivity contribution in [3.05, 3.63) is 76.4 Å². The lowest BCUT2D eigenvalue weighted by atomic mass is 9.79. The van der Waals surface area contributed by atoms with Gasteiger partial charge in [-0.05, 0) is 60.1 Å². The summed E-state index contributed by atoms with van der Waals surface area (Å²) in [6.07, 6.45) is 1.81. The van der Waals surface area contributed by atoms with Gasteiger partial charge in [-0.3, -0.25) is 4.79 Å². The van der Waals surface area contributed by atoms with Crippen LogP contribution >= 0.6 is 0 Å². The topological polar surface area (TPSA) is 26.3 Å². The molecular formula is C21H22O2. The minimum atomic E-state index is -0.209. The van der Waals surface area contributed by atoms with E-state index >= 15 is 0 Å². The third kappa shape index (κ3) is 3.21. The molecule has 2 aromatic rings. The van der Waals surface area contributed by atoms with Gasteiger partial charge in [-0.25, -0.2) is 0 Å². The van der Waals surface area contributed by atoms with E-state index in [9.17, 15) is 4.79 Å². The second-order valence-corrected chi connectivity index (χ2v) is 6.20. The van der Waals surface area contributed by atoms with Crippen LogP contribution in [0.15, 0.2) is 54.1 Å². The molecule has 0 N–H and O–H groups in total. The molecule has 0 bridgehead atoms. The Hall–Kier alpha value is -2.35. The molecule has 2 heteroatoms. The Morgan fingerprint density at radius 2 is 1.74 bits per heavy atom. The summed E-state index contributed by atoms with van der Waals surface area (Å²) in [5.41, 5.74) is 7.39. The highest BCUT2D eigenvalue weighted by Gasteiger charge is 2.31. The van der Waals surface area contributed by atoms with Crippen molar-refractivity contribution in [1.29, 1.82) is 0 Å². The summed E-state index contributed by atoms with van der Waals surface area (Å²) >= 11 is 0. The molecule has 0 aromatic heterocycles. The largest absolute Gasteiger partial charge is 0.458 e. The number of esters is 1. The number of carbonyl (C=O) groups excluding carboxylic acids is 1. The van der Waals surface area contributed by atoms with Crippen molar-refractivity contribution in [3.63, 3.8) is 0 Å². The van der Waals surface area contributed by atoms with Crippen molar-refractivity contribution in [2.24, 2.45) is 0 Å². The zero-order valence-corrected chi connectivity index (χ0v) is 13.9. The fourth-order valence-electron chi connectivity index (χ4n) is 3.06. The van der Waals surface area contributed by atoms with Crippen LogP contribution in [-0.4, -0.2) is 12.1 Å². The van der Waals surface area contributed by atoms with Gasteiger partial charge in [0, 0.05) is 6.92 Å². The van der Waals surface area contributed by atoms with Crippen molar-refractivity contribution in [3.8, 4) is 0 Å². The molecule has 0 aliphatic heterocycles. The van der Waals surface area contributed by atoms with Crippen LogP contribution in [0.5, 0.6) is 0 Å². The second kappa shape index (κ2) is 6.41. The lowest BCUT2D eigenvalue weighted by molar-refractivity contribution is -0.146. The molecule has 2 aromatic carbocycles. The average Bonchev–Trinajstić information content (AvgIpc) is 2.52. The van der Waals surface area contributed by atoms with Crippen LogP contribution in [0, 0.1) is 13.8 Å². The molecule has 0 amide bonds. The van der Waals surface area contributed by atoms with Crippen LogP contribution in [0.3, 0.4) is 0 Å². The fraction of sp³-hybridized carbons (Fsp3) is 0.286. The predicted octanol–water partition coefficient (Wildman–Crippen LogP) is 4.83. The maximum atomic E-state index is 11.3. The van der Waals surface area contributed by atoms with E-state index in [0.29, 0.717) is 0 Å². The summed E-state index contributed by atoms with van der Waals surface area (Å²) in [5.74, 6) is -0.209. The van der Waals surface area contributed by atoms with E-state index in [4.69, 9.17) is 4.74 Å². The van der Waals surface area contributed by atoms with Crippen molar-refractivity contribution in [2.45, 2.75) is 39.7 Å². The minimum absolute atomic E-state index is 0.0793. The summed E-state index contributed by atoms with van der Waals surface area (Å²) in [7, 11) is 0. The van der Waals surface area contributed by atoms with Gasteiger partial charge in [0.05, 0.1) is 0 Å². The van der Waals surface area contributed by atoms with E-state index in [1.807, 2.05) is 6.07 Å². The molecule has 3 rings (SSSR count). The van der Waals surface area contributed by atoms with E-state index in [0.717, 1.165) is 12.8 Å². The van der Waals surface area contributed by atoms with Crippen LogP contribution in [0.4, 0.5) is 0 Å². The maximum absolute atomic E-state index is 11.3. The molecule has 1 unspecified atom stereocenters. The van der Waals surface area contributed by atoms with E-state index in [2.05, 4.69) is 56.3 Å². The molecule has 0 heterocycles. The highest BCUT2D eigenvalue weighted by Crippen LogP contribution is 2.39. The van der Waals surface area contributed by atoms with Crippen LogP contribution in [0.25, 0.3) is 5.57 Å². The molecule has 1 atom stereocenters. The van der Waals surface area contributed by atoms with Gasteiger partial charge in [0.15, 0.2) is 0 Å². The zero-order chi connectivity index (χ0) is 16.4. The Morgan fingerprint density at radius 3 is 2.30 bits per heavy atom. The molecule has 1 saturated carbocycles. The zero-order valence-electron chi connectivity index (χ0n) is 13.9. The van der Waals surface area contributed by atoms with Crippen molar-refractivity contribution in [1.82, 2.24) is 0 Å². The molecule has 23 heavy (non-hydrogen) atoms. The summed E-state index contributed by atoms with van der Waals surface area (Å²) in [6, 6.07) is 16.9. The molecule has 0 radical (unpaired) electrons. The summed E-state index contributed by atoms with van der Waals surface area (Å²) < 4.78 is 5.48. The van der Waals surface area contributed by atoms with E-state index in [-0.39, 0.29) is 12.1 Å². The Bertz CT molecular complexity index is 757. The Kier molecular flexibility index (Phi) is 4.33. The van der Waals surface area contributed by atoms with Crippen LogP contribution < -0.4 is 0 Å². The smallest absolute Gasteiger partial charge is 0.303 e. The van der Waals surface area contributed by atoms with E-state index < -0.39 is 0 Å². The fourth-order valence-corrected chi connectivity index (χ4v) is 3.06. The molecule has 1 aliphatic carbocycles. The van der Waals surface area contributed by atoms with Crippen LogP contribution in [0.1, 0.15) is 42.0 Å². The highest BCUT2D eigenvalue weighted by molar-refractivity contribution is 5.84. The second-order valence-electron chi connectivity index (χ2n) is 6.20. The molecule has 118 valence electrons. The van der Waals surface area contributed by atoms with Crippen LogP contribution in [0.2, 0.25) is 0 Å². The first-order valence-corrected chi connectivity index (χ1v) is 8.09. The first kappa shape index (κ1) is 15.5. The van der Waals surface area contributed by atoms with Crippen molar-refractivity contribution >= 4 is 11.5 Å². The SMILES string of the molecule is CC(=O)OC1CC/C1=C(/c1ccccc1)c1ccc(C)c(C)c1. The molecule has 1 aliphatic rings. The maximum Gasteiger partial charge on any atom is 0.303 e. The van der Waals surface area contributed by atoms with E-state index in [1.165, 1.54) is 40.3 Å². The van der Waals surface area contributed by atoms with Gasteiger partial charge < -0.3 is 4.74 Å². The number of benzene rings is 2. The molecule has 0 saturated heterocycles. The predicted molar refractivity (Wildman–Crippen MR) is 93.2 cm³/mol. The number of rotatable bonds is 3. The number of aryl methyl sites for hydroxylation is 2. The Balaban J connectivity index is 2.11. The van der Waals surface area contributed by atoms with Gasteiger partial charge >= 0.3 is 5.97 Å². The van der Waals surface area contributed by atoms with Gasteiger partial charge in [-0.2, -0.15) is 0 Å². The quantitative estimate of drug-likeness (QED) is 0.759. The van der Waals surface area contributed by atoms with Gasteiger partial charge in [-0.15, -0.1) is 0 Å². The average molecular weight is 306 g/mol. The monoisotopic (exact) mass is 306 g/mol. The standard InChI is InChI=1S/C21H22O2/c1-14-9-10-18(13-15(14)2)21(17-7-5-4-6-8-17)19-11-12-20(19)23-16(3)22/h4-10,13,20H,11-12H2,1-3H3/b21-19+. The van der Waals surface area contributed by atoms with Crippen molar-refractivity contribution in [2.75, 3.05) is 0 Å². The number of hydrogen-bond acceptors (Lipinski definition) is 2. The minimum Gasteiger partial charge on any atom is -0.458 e. The van der Waals surface area contributed by atoms with Gasteiger partial charge in [0.1, 0.15) is 6.10 Å². The summed E-state index contributed by atoms with van der Waals surface area (Å²) in [4.78, 5) is 11.3. The Morgan fingerprint density at radius 1 is 1.00 bits per heavy atom. The molecule has 2 nitrogen and oxygen atoms in total. The molecule has 0 spiro atoms. The highest BCUT2D eigenvalue weighted by atomic mass is 16.5. The first-order valence-electron chi connectivity index (χ1n) is 8.09. The molecule has 1 fully saturated rings. The summed E-state index contributed by atoms with van der Waals surface area (Å²) in [5, 5.41) is 0. The van der Waals surface area contributed by atoms with Gasteiger partial charge in [0.25, 0.3) is 0 Å². The Labute approximate surface area is 137 Å². The third-order valence-electron chi connectivity index (χ3n) is 4.55. The van der Waals surface area contributed by atoms with Gasteiger partial charge in [-0.1, -0.05) is 48.5 Å². The van der Waals surface area contributed by atoms with Crippen molar-refractivity contribution < 1.29 is 9.53 Å². The van der Waals surface area contributed by atoms with Gasteiger partial charge in [0.2, 0.25) is 0 Å². The number of ether oxygens (including phenoxy) is 1. The molecular weight excluding hydrogens is 284 g/mol. The lowest BCUT2D eigenvalue weighted by Gasteiger charge is -2.32. The number of carbonyl (C=O) groups is 1. The van der Waals surface area contributed by atoms with E-state index in [1.54, 1.807) is 0 Å². The first-order chi connectivity index (χ1) is 11.1. The number of hydrogen-bond donors (Lipinski definition) is 0. The van der Waals surface area contributed by atoms with Crippen LogP contribution in [-0.2, 0) is 9.53 Å². The summed E-state index contributed by atoms with van der Waals surface area (Å²) in [6.45, 7) is 5.74. The lowest BCUT2D eigenvalue weighted by Crippen LogP contribution is -2.28.